The fraction of sp³-hybridized carbons (Fsp3) is 0.208. The molecule has 0 unspecified atom stereocenters. The summed E-state index contributed by atoms with van der Waals surface area (Å²) in [7, 11) is 3.12. The number of carbonyl (C=O) groups excluding carboxylic acids is 1. The molecule has 0 aliphatic rings. The fourth-order valence-corrected chi connectivity index (χ4v) is 3.01. The van der Waals surface area contributed by atoms with Crippen molar-refractivity contribution in [2.75, 3.05) is 14.2 Å². The van der Waals surface area contributed by atoms with Crippen molar-refractivity contribution in [1.29, 1.82) is 0 Å². The number of rotatable bonds is 9. The third-order valence-electron chi connectivity index (χ3n) is 4.56. The van der Waals surface area contributed by atoms with Gasteiger partial charge in [-0.1, -0.05) is 6.07 Å². The van der Waals surface area contributed by atoms with Gasteiger partial charge in [-0.2, -0.15) is 0 Å². The number of ether oxygens (including phenoxy) is 4. The van der Waals surface area contributed by atoms with E-state index < -0.39 is 0 Å². The average molecular weight is 408 g/mol. The van der Waals surface area contributed by atoms with Crippen LogP contribution in [0.3, 0.4) is 0 Å². The number of aromatic hydroxyl groups is 1. The molecule has 0 amide bonds. The number of phenolic OH excluding ortho intramolecular Hbond substituents is 1. The number of phenols is 1. The summed E-state index contributed by atoms with van der Waals surface area (Å²) in [6, 6.07) is 15.8. The van der Waals surface area contributed by atoms with Crippen molar-refractivity contribution >= 4 is 6.29 Å². The van der Waals surface area contributed by atoms with Crippen LogP contribution in [0.2, 0.25) is 0 Å². The summed E-state index contributed by atoms with van der Waals surface area (Å²) in [5.41, 5.74) is 3.07. The van der Waals surface area contributed by atoms with E-state index in [4.69, 9.17) is 18.9 Å². The van der Waals surface area contributed by atoms with Crippen molar-refractivity contribution in [3.05, 3.63) is 76.9 Å². The Bertz CT molecular complexity index is 1030. The number of aldehydes is 1. The van der Waals surface area contributed by atoms with E-state index in [-0.39, 0.29) is 19.0 Å². The molecule has 156 valence electrons. The van der Waals surface area contributed by atoms with Crippen molar-refractivity contribution in [2.24, 2.45) is 0 Å². The van der Waals surface area contributed by atoms with E-state index in [1.165, 1.54) is 7.11 Å². The lowest BCUT2D eigenvalue weighted by atomic mass is 10.1. The van der Waals surface area contributed by atoms with E-state index in [2.05, 4.69) is 0 Å². The Hall–Kier alpha value is -3.67. The van der Waals surface area contributed by atoms with Crippen LogP contribution < -0.4 is 18.9 Å². The Morgan fingerprint density at radius 1 is 0.800 bits per heavy atom. The van der Waals surface area contributed by atoms with E-state index in [1.807, 2.05) is 31.2 Å². The lowest BCUT2D eigenvalue weighted by molar-refractivity contribution is 0.112. The number of methoxy groups -OCH3 is 2. The van der Waals surface area contributed by atoms with Crippen molar-refractivity contribution in [2.45, 2.75) is 20.1 Å². The number of hydrogen-bond donors (Lipinski definition) is 1. The maximum Gasteiger partial charge on any atom is 0.153 e. The Labute approximate surface area is 175 Å². The highest BCUT2D eigenvalue weighted by molar-refractivity contribution is 5.79. The van der Waals surface area contributed by atoms with E-state index in [0.29, 0.717) is 22.8 Å². The Morgan fingerprint density at radius 3 is 1.93 bits per heavy atom. The predicted molar refractivity (Wildman–Crippen MR) is 113 cm³/mol. The molecule has 0 aliphatic carbocycles. The van der Waals surface area contributed by atoms with Crippen LogP contribution in [-0.2, 0) is 13.2 Å². The first-order valence-corrected chi connectivity index (χ1v) is 9.37. The van der Waals surface area contributed by atoms with Crippen LogP contribution >= 0.6 is 0 Å². The molecule has 0 spiro atoms. The summed E-state index contributed by atoms with van der Waals surface area (Å²) < 4.78 is 22.1. The zero-order valence-electron chi connectivity index (χ0n) is 17.2. The van der Waals surface area contributed by atoms with Gasteiger partial charge in [-0.15, -0.1) is 0 Å². The molecule has 3 rings (SSSR count). The summed E-state index contributed by atoms with van der Waals surface area (Å²) in [4.78, 5) is 11.0. The Balaban J connectivity index is 1.67. The first-order chi connectivity index (χ1) is 14.5. The molecule has 6 nitrogen and oxygen atoms in total. The lowest BCUT2D eigenvalue weighted by Gasteiger charge is -2.12. The minimum absolute atomic E-state index is 0.130. The van der Waals surface area contributed by atoms with Gasteiger partial charge in [-0.05, 0) is 60.0 Å². The van der Waals surface area contributed by atoms with Gasteiger partial charge in [0, 0.05) is 12.1 Å². The number of benzene rings is 3. The Kier molecular flexibility index (Phi) is 6.80. The largest absolute Gasteiger partial charge is 0.508 e. The minimum Gasteiger partial charge on any atom is -0.508 e. The van der Waals surface area contributed by atoms with Crippen LogP contribution in [0, 0.1) is 6.92 Å². The van der Waals surface area contributed by atoms with Crippen LogP contribution in [0.4, 0.5) is 0 Å². The lowest BCUT2D eigenvalue weighted by Crippen LogP contribution is -2.00. The smallest absolute Gasteiger partial charge is 0.153 e. The van der Waals surface area contributed by atoms with Crippen LogP contribution in [0.5, 0.6) is 28.7 Å². The highest BCUT2D eigenvalue weighted by atomic mass is 16.5. The van der Waals surface area contributed by atoms with Gasteiger partial charge in [0.15, 0.2) is 6.29 Å². The third kappa shape index (κ3) is 5.23. The summed E-state index contributed by atoms with van der Waals surface area (Å²) in [5, 5.41) is 10.1. The monoisotopic (exact) mass is 408 g/mol. The molecule has 0 aliphatic heterocycles. The first kappa shape index (κ1) is 21.0. The minimum atomic E-state index is 0.130. The SMILES string of the molecule is COc1cc(OCc2cc(O)cc(COc3ccc(C=O)c(OC)c3)c2)ccc1C. The predicted octanol–water partition coefficient (Wildman–Crippen LogP) is 4.69. The standard InChI is InChI=1S/C24H24O6/c1-16-4-6-21(11-23(16)27-2)29-14-17-8-18(10-20(26)9-17)15-30-22-7-5-19(13-25)24(12-22)28-3/h4-13,26H,14-15H2,1-3H3. The second-order valence-electron chi connectivity index (χ2n) is 6.74. The quantitative estimate of drug-likeness (QED) is 0.518. The van der Waals surface area contributed by atoms with Gasteiger partial charge >= 0.3 is 0 Å². The highest BCUT2D eigenvalue weighted by Crippen LogP contribution is 2.27. The first-order valence-electron chi connectivity index (χ1n) is 9.37. The zero-order chi connectivity index (χ0) is 21.5. The molecule has 3 aromatic rings. The van der Waals surface area contributed by atoms with Crippen molar-refractivity contribution < 1.29 is 28.8 Å². The van der Waals surface area contributed by atoms with Gasteiger partial charge in [-0.25, -0.2) is 0 Å². The molecule has 0 atom stereocenters. The molecule has 3 aromatic carbocycles. The molecule has 0 saturated carbocycles. The van der Waals surface area contributed by atoms with Crippen LogP contribution in [-0.4, -0.2) is 25.6 Å². The van der Waals surface area contributed by atoms with Gasteiger partial charge in [0.25, 0.3) is 0 Å². The summed E-state index contributed by atoms with van der Waals surface area (Å²) in [6.07, 6.45) is 0.730. The van der Waals surface area contributed by atoms with Crippen molar-refractivity contribution in [1.82, 2.24) is 0 Å². The number of aryl methyl sites for hydroxylation is 1. The summed E-state index contributed by atoms with van der Waals surface area (Å²) in [6.45, 7) is 2.49. The maximum atomic E-state index is 11.0. The van der Waals surface area contributed by atoms with Crippen LogP contribution in [0.1, 0.15) is 27.0 Å². The fourth-order valence-electron chi connectivity index (χ4n) is 3.01. The number of hydrogen-bond acceptors (Lipinski definition) is 6. The van der Waals surface area contributed by atoms with E-state index in [9.17, 15) is 9.90 Å². The van der Waals surface area contributed by atoms with Crippen LogP contribution in [0.25, 0.3) is 0 Å². The van der Waals surface area contributed by atoms with E-state index in [1.54, 1.807) is 37.4 Å². The molecular formula is C24H24O6. The van der Waals surface area contributed by atoms with Crippen LogP contribution in [0.15, 0.2) is 54.6 Å². The molecule has 0 fully saturated rings. The Morgan fingerprint density at radius 2 is 1.37 bits per heavy atom. The summed E-state index contributed by atoms with van der Waals surface area (Å²) >= 11 is 0. The van der Waals surface area contributed by atoms with Crippen molar-refractivity contribution in [3.8, 4) is 28.7 Å². The normalized spacial score (nSPS) is 10.4. The van der Waals surface area contributed by atoms with Gasteiger partial charge in [0.2, 0.25) is 0 Å². The molecule has 0 bridgehead atoms. The van der Waals surface area contributed by atoms with E-state index >= 15 is 0 Å². The molecule has 0 radical (unpaired) electrons. The maximum absolute atomic E-state index is 11.0. The molecule has 0 aromatic heterocycles. The second kappa shape index (κ2) is 9.69. The van der Waals surface area contributed by atoms with Gasteiger partial charge < -0.3 is 24.1 Å². The average Bonchev–Trinajstić information content (AvgIpc) is 2.76. The number of carbonyl (C=O) groups is 1. The second-order valence-corrected chi connectivity index (χ2v) is 6.74. The molecule has 0 saturated heterocycles. The highest BCUT2D eigenvalue weighted by Gasteiger charge is 2.07. The molecule has 0 heterocycles. The van der Waals surface area contributed by atoms with Gasteiger partial charge in [0.1, 0.15) is 42.0 Å². The summed E-state index contributed by atoms with van der Waals surface area (Å²) in [5.74, 6) is 2.57. The molecule has 6 heteroatoms. The molecular weight excluding hydrogens is 384 g/mol. The third-order valence-corrected chi connectivity index (χ3v) is 4.56. The molecule has 1 N–H and O–H groups in total. The van der Waals surface area contributed by atoms with Gasteiger partial charge in [0.05, 0.1) is 19.8 Å². The topological polar surface area (TPSA) is 74.2 Å². The van der Waals surface area contributed by atoms with E-state index in [0.717, 1.165) is 28.7 Å². The molecule has 30 heavy (non-hydrogen) atoms. The van der Waals surface area contributed by atoms with Gasteiger partial charge in [-0.3, -0.25) is 4.79 Å². The van der Waals surface area contributed by atoms with Crippen molar-refractivity contribution in [3.63, 3.8) is 0 Å². The zero-order valence-corrected chi connectivity index (χ0v) is 17.2.